The summed E-state index contributed by atoms with van der Waals surface area (Å²) in [6.45, 7) is 0.869. The monoisotopic (exact) mass is 445 g/mol. The normalized spacial score (nSPS) is 10.5. The van der Waals surface area contributed by atoms with Crippen molar-refractivity contribution >= 4 is 53.5 Å². The van der Waals surface area contributed by atoms with Crippen LogP contribution in [0.4, 0.5) is 5.69 Å². The molecule has 0 bridgehead atoms. The van der Waals surface area contributed by atoms with Crippen LogP contribution >= 0.6 is 47.8 Å². The van der Waals surface area contributed by atoms with Crippen molar-refractivity contribution in [2.75, 3.05) is 11.9 Å². The smallest absolute Gasteiger partial charge is 0.0511 e. The molecule has 0 spiro atoms. The average Bonchev–Trinajstić information content (AvgIpc) is 2.41. The lowest BCUT2D eigenvalue weighted by Crippen LogP contribution is -2.17. The van der Waals surface area contributed by atoms with Crippen molar-refractivity contribution in [1.82, 2.24) is 0 Å². The molecule has 0 N–H and O–H groups in total. The summed E-state index contributed by atoms with van der Waals surface area (Å²) >= 11 is 10.7. The number of rotatable bonds is 4. The molecule has 2 aromatic carbocycles. The van der Waals surface area contributed by atoms with E-state index in [1.54, 1.807) is 0 Å². The Bertz CT molecular complexity index is 569. The highest BCUT2D eigenvalue weighted by molar-refractivity contribution is 9.11. The first-order valence-corrected chi connectivity index (χ1v) is 8.61. The maximum absolute atomic E-state index is 3.65. The second-order valence-electron chi connectivity index (χ2n) is 4.37. The molecule has 0 aliphatic rings. The van der Waals surface area contributed by atoms with Crippen LogP contribution in [0.15, 0.2) is 51.4 Å². The highest BCUT2D eigenvalue weighted by atomic mass is 79.9. The number of halogens is 3. The number of hydrogen-bond donors (Lipinski definition) is 0. The van der Waals surface area contributed by atoms with Gasteiger partial charge in [-0.05, 0) is 45.3 Å². The van der Waals surface area contributed by atoms with Gasteiger partial charge in [0, 0.05) is 27.9 Å². The first-order valence-electron chi connectivity index (χ1n) is 5.90. The number of anilines is 1. The fourth-order valence-electron chi connectivity index (χ4n) is 1.91. The summed E-state index contributed by atoms with van der Waals surface area (Å²) in [5.74, 6) is 0. The Kier molecular flexibility index (Phi) is 5.48. The van der Waals surface area contributed by atoms with Crippen LogP contribution in [0.25, 0.3) is 0 Å². The van der Waals surface area contributed by atoms with E-state index in [1.165, 1.54) is 16.8 Å². The minimum absolute atomic E-state index is 0.869. The summed E-state index contributed by atoms with van der Waals surface area (Å²) in [6, 6.07) is 14.8. The van der Waals surface area contributed by atoms with Gasteiger partial charge >= 0.3 is 0 Å². The van der Waals surface area contributed by atoms with Gasteiger partial charge in [0.2, 0.25) is 0 Å². The number of nitrogens with zero attached hydrogens (tertiary/aromatic N) is 1. The van der Waals surface area contributed by atoms with Crippen LogP contribution in [0.1, 0.15) is 11.1 Å². The van der Waals surface area contributed by atoms with Gasteiger partial charge in [0.05, 0.1) is 5.69 Å². The van der Waals surface area contributed by atoms with Crippen molar-refractivity contribution in [2.24, 2.45) is 0 Å². The predicted molar refractivity (Wildman–Crippen MR) is 93.0 cm³/mol. The molecule has 100 valence electrons. The van der Waals surface area contributed by atoms with E-state index >= 15 is 0 Å². The maximum atomic E-state index is 3.65. The van der Waals surface area contributed by atoms with Crippen LogP contribution in [-0.4, -0.2) is 7.05 Å². The van der Waals surface area contributed by atoms with Gasteiger partial charge in [-0.15, -0.1) is 0 Å². The lowest BCUT2D eigenvalue weighted by Gasteiger charge is -2.22. The van der Waals surface area contributed by atoms with E-state index in [1.807, 2.05) is 6.07 Å². The van der Waals surface area contributed by atoms with Crippen LogP contribution in [0.2, 0.25) is 0 Å². The number of benzene rings is 2. The molecule has 4 heteroatoms. The second kappa shape index (κ2) is 6.91. The maximum Gasteiger partial charge on any atom is 0.0511 e. The summed E-state index contributed by atoms with van der Waals surface area (Å²) < 4.78 is 2.27. The van der Waals surface area contributed by atoms with Crippen molar-refractivity contribution < 1.29 is 0 Å². The molecule has 0 amide bonds. The standard InChI is InChI=1S/C15H14Br3N/c1-19(10-12-4-2-3-5-13(12)17)15-7-6-11(9-16)8-14(15)18/h2-8H,9-10H2,1H3. The van der Waals surface area contributed by atoms with Crippen molar-refractivity contribution in [2.45, 2.75) is 11.9 Å². The predicted octanol–water partition coefficient (Wildman–Crippen LogP) is 5.74. The van der Waals surface area contributed by atoms with Gasteiger partial charge in [-0.2, -0.15) is 0 Å². The third-order valence-corrected chi connectivity index (χ3v) is 5.00. The molecule has 2 rings (SSSR count). The Labute approximate surface area is 139 Å². The lowest BCUT2D eigenvalue weighted by atomic mass is 10.2. The van der Waals surface area contributed by atoms with Crippen molar-refractivity contribution in [3.8, 4) is 0 Å². The van der Waals surface area contributed by atoms with E-state index in [9.17, 15) is 0 Å². The third kappa shape index (κ3) is 3.83. The summed E-state index contributed by atoms with van der Waals surface area (Å²) in [5, 5.41) is 0.875. The van der Waals surface area contributed by atoms with Crippen LogP contribution in [0, 0.1) is 0 Å². The van der Waals surface area contributed by atoms with E-state index in [4.69, 9.17) is 0 Å². The van der Waals surface area contributed by atoms with E-state index < -0.39 is 0 Å². The SMILES string of the molecule is CN(Cc1ccccc1Br)c1ccc(CBr)cc1Br. The average molecular weight is 448 g/mol. The summed E-state index contributed by atoms with van der Waals surface area (Å²) in [5.41, 5.74) is 3.74. The molecule has 0 heterocycles. The molecule has 0 aliphatic carbocycles. The van der Waals surface area contributed by atoms with Crippen LogP contribution in [0.5, 0.6) is 0 Å². The van der Waals surface area contributed by atoms with E-state index in [-0.39, 0.29) is 0 Å². The Balaban J connectivity index is 2.21. The number of hydrogen-bond acceptors (Lipinski definition) is 1. The van der Waals surface area contributed by atoms with Gasteiger partial charge < -0.3 is 4.90 Å². The molecule has 0 fully saturated rings. The highest BCUT2D eigenvalue weighted by Gasteiger charge is 2.08. The van der Waals surface area contributed by atoms with Gasteiger partial charge in [-0.25, -0.2) is 0 Å². The van der Waals surface area contributed by atoms with Gasteiger partial charge in [-0.3, -0.25) is 0 Å². The fourth-order valence-corrected chi connectivity index (χ4v) is 3.40. The van der Waals surface area contributed by atoms with Crippen molar-refractivity contribution in [3.05, 3.63) is 62.5 Å². The highest BCUT2D eigenvalue weighted by Crippen LogP contribution is 2.29. The van der Waals surface area contributed by atoms with Crippen molar-refractivity contribution in [1.29, 1.82) is 0 Å². The summed E-state index contributed by atoms with van der Waals surface area (Å²) in [4.78, 5) is 2.24. The molecule has 1 nitrogen and oxygen atoms in total. The van der Waals surface area contributed by atoms with Gasteiger partial charge in [0.15, 0.2) is 0 Å². The molecule has 2 aromatic rings. The minimum Gasteiger partial charge on any atom is -0.369 e. The molecule has 0 radical (unpaired) electrons. The van der Waals surface area contributed by atoms with Crippen molar-refractivity contribution in [3.63, 3.8) is 0 Å². The number of alkyl halides is 1. The third-order valence-electron chi connectivity index (χ3n) is 2.94. The minimum atomic E-state index is 0.869. The Hall–Kier alpha value is -0.320. The first kappa shape index (κ1) is 15.1. The van der Waals surface area contributed by atoms with Gasteiger partial charge in [0.25, 0.3) is 0 Å². The Morgan fingerprint density at radius 2 is 1.74 bits per heavy atom. The molecular formula is C15H14Br3N. The van der Waals surface area contributed by atoms with Crippen LogP contribution < -0.4 is 4.90 Å². The molecule has 0 aromatic heterocycles. The topological polar surface area (TPSA) is 3.24 Å². The Morgan fingerprint density at radius 3 is 2.37 bits per heavy atom. The molecule has 0 unspecified atom stereocenters. The summed E-state index contributed by atoms with van der Waals surface area (Å²) in [6.07, 6.45) is 0. The van der Waals surface area contributed by atoms with E-state index in [0.717, 1.165) is 20.8 Å². The molecule has 0 aliphatic heterocycles. The van der Waals surface area contributed by atoms with Gasteiger partial charge in [-0.1, -0.05) is 56.1 Å². The fraction of sp³-hybridized carbons (Fsp3) is 0.200. The molecule has 19 heavy (non-hydrogen) atoms. The molecular weight excluding hydrogens is 434 g/mol. The molecule has 0 saturated heterocycles. The first-order chi connectivity index (χ1) is 9.11. The van der Waals surface area contributed by atoms with E-state index in [0.29, 0.717) is 0 Å². The zero-order chi connectivity index (χ0) is 13.8. The second-order valence-corrected chi connectivity index (χ2v) is 6.64. The lowest BCUT2D eigenvalue weighted by molar-refractivity contribution is 0.915. The Morgan fingerprint density at radius 1 is 1.00 bits per heavy atom. The quantitative estimate of drug-likeness (QED) is 0.540. The zero-order valence-electron chi connectivity index (χ0n) is 10.5. The zero-order valence-corrected chi connectivity index (χ0v) is 15.3. The summed E-state index contributed by atoms with van der Waals surface area (Å²) in [7, 11) is 2.10. The van der Waals surface area contributed by atoms with Gasteiger partial charge in [0.1, 0.15) is 0 Å². The van der Waals surface area contributed by atoms with E-state index in [2.05, 4.69) is 96.1 Å². The van der Waals surface area contributed by atoms with Crippen LogP contribution in [-0.2, 0) is 11.9 Å². The largest absolute Gasteiger partial charge is 0.369 e. The molecule has 0 saturated carbocycles. The van der Waals surface area contributed by atoms with Crippen LogP contribution in [0.3, 0.4) is 0 Å². The molecule has 0 atom stereocenters.